The Morgan fingerprint density at radius 1 is 1.05 bits per heavy atom. The van der Waals surface area contributed by atoms with Gasteiger partial charge in [-0.1, -0.05) is 17.4 Å². The van der Waals surface area contributed by atoms with Crippen molar-refractivity contribution in [2.24, 2.45) is 0 Å². The molecular formula is C21H14F6N8O2S. The minimum absolute atomic E-state index is 0.00144. The summed E-state index contributed by atoms with van der Waals surface area (Å²) in [5, 5.41) is 15.9. The Bertz CT molecular complexity index is 1470. The molecular weight excluding hydrogens is 542 g/mol. The van der Waals surface area contributed by atoms with Crippen LogP contribution in [0.1, 0.15) is 39.5 Å². The lowest BCUT2D eigenvalue weighted by Gasteiger charge is -2.20. The molecule has 1 atom stereocenters. The van der Waals surface area contributed by atoms with E-state index in [9.17, 15) is 35.9 Å². The molecule has 0 aliphatic carbocycles. The summed E-state index contributed by atoms with van der Waals surface area (Å²) >= 11 is 0.870. The fourth-order valence-electron chi connectivity index (χ4n) is 3.25. The van der Waals surface area contributed by atoms with E-state index >= 15 is 0 Å². The van der Waals surface area contributed by atoms with E-state index in [0.717, 1.165) is 34.5 Å². The van der Waals surface area contributed by atoms with Crippen LogP contribution in [0.5, 0.6) is 0 Å². The number of urea groups is 1. The van der Waals surface area contributed by atoms with E-state index in [2.05, 4.69) is 30.6 Å². The Balaban J connectivity index is 1.45. The first kappa shape index (κ1) is 26.6. The van der Waals surface area contributed by atoms with Gasteiger partial charge in [-0.3, -0.25) is 14.8 Å². The predicted octanol–water partition coefficient (Wildman–Crippen LogP) is 4.80. The number of rotatable bonds is 5. The van der Waals surface area contributed by atoms with Crippen LogP contribution in [0.3, 0.4) is 0 Å². The van der Waals surface area contributed by atoms with E-state index in [1.165, 1.54) is 19.4 Å². The van der Waals surface area contributed by atoms with Gasteiger partial charge in [0.05, 0.1) is 29.1 Å². The molecule has 0 fully saturated rings. The van der Waals surface area contributed by atoms with E-state index in [4.69, 9.17) is 0 Å². The predicted molar refractivity (Wildman–Crippen MR) is 120 cm³/mol. The summed E-state index contributed by atoms with van der Waals surface area (Å²) in [6.45, 7) is 1.29. The average Bonchev–Trinajstić information content (AvgIpc) is 3.53. The quantitative estimate of drug-likeness (QED) is 0.338. The number of nitrogens with one attached hydrogen (secondary N) is 2. The average molecular weight is 556 g/mol. The molecule has 1 unspecified atom stereocenters. The summed E-state index contributed by atoms with van der Waals surface area (Å²) in [5.74, 6) is -0.874. The van der Waals surface area contributed by atoms with Gasteiger partial charge in [-0.05, 0) is 30.7 Å². The van der Waals surface area contributed by atoms with Crippen molar-refractivity contribution in [1.82, 2.24) is 35.3 Å². The molecule has 1 aromatic carbocycles. The van der Waals surface area contributed by atoms with Gasteiger partial charge in [0.2, 0.25) is 5.01 Å². The van der Waals surface area contributed by atoms with Crippen LogP contribution >= 0.6 is 11.3 Å². The van der Waals surface area contributed by atoms with Gasteiger partial charge in [0, 0.05) is 12.4 Å². The SMILES string of the molecule is CC(c1ccc(C(F)(F)F)cc1C(F)(F)F)n1cc(NC(=O)NC(=O)c2nnc(-c3ccncn3)s2)cn1. The summed E-state index contributed by atoms with van der Waals surface area (Å²) in [4.78, 5) is 32.3. The second-order valence-corrected chi connectivity index (χ2v) is 8.58. The Labute approximate surface area is 212 Å². The number of amides is 3. The molecule has 17 heteroatoms. The second-order valence-electron chi connectivity index (χ2n) is 7.60. The summed E-state index contributed by atoms with van der Waals surface area (Å²) in [7, 11) is 0. The minimum Gasteiger partial charge on any atom is -0.305 e. The molecule has 4 rings (SSSR count). The molecule has 0 spiro atoms. The number of alkyl halides is 6. The Morgan fingerprint density at radius 3 is 2.47 bits per heavy atom. The van der Waals surface area contributed by atoms with Gasteiger partial charge >= 0.3 is 18.4 Å². The van der Waals surface area contributed by atoms with E-state index in [0.29, 0.717) is 16.8 Å². The van der Waals surface area contributed by atoms with Crippen molar-refractivity contribution in [2.45, 2.75) is 25.3 Å². The number of hydrogen-bond donors (Lipinski definition) is 2. The minimum atomic E-state index is -5.06. The molecule has 4 aromatic rings. The molecule has 38 heavy (non-hydrogen) atoms. The maximum absolute atomic E-state index is 13.5. The van der Waals surface area contributed by atoms with Crippen molar-refractivity contribution >= 4 is 29.0 Å². The summed E-state index contributed by atoms with van der Waals surface area (Å²) in [5.41, 5.74) is -2.95. The van der Waals surface area contributed by atoms with Crippen molar-refractivity contribution in [1.29, 1.82) is 0 Å². The first-order chi connectivity index (χ1) is 17.8. The van der Waals surface area contributed by atoms with E-state index in [1.54, 1.807) is 6.07 Å². The number of benzene rings is 1. The molecule has 0 aliphatic heterocycles. The highest BCUT2D eigenvalue weighted by molar-refractivity contribution is 7.16. The van der Waals surface area contributed by atoms with Crippen LogP contribution in [-0.2, 0) is 12.4 Å². The number of carbonyl (C=O) groups excluding carboxylic acids is 2. The number of halogens is 6. The van der Waals surface area contributed by atoms with Gasteiger partial charge in [0.1, 0.15) is 12.0 Å². The van der Waals surface area contributed by atoms with Crippen LogP contribution in [-0.4, -0.2) is 41.9 Å². The van der Waals surface area contributed by atoms with Crippen LogP contribution < -0.4 is 10.6 Å². The lowest BCUT2D eigenvalue weighted by Crippen LogP contribution is -2.34. The lowest BCUT2D eigenvalue weighted by atomic mass is 9.98. The van der Waals surface area contributed by atoms with Crippen molar-refractivity contribution < 1.29 is 35.9 Å². The molecule has 198 valence electrons. The molecule has 2 N–H and O–H groups in total. The maximum Gasteiger partial charge on any atom is 0.416 e. The number of carbonyl (C=O) groups is 2. The zero-order valence-corrected chi connectivity index (χ0v) is 19.7. The third-order valence-electron chi connectivity index (χ3n) is 5.04. The van der Waals surface area contributed by atoms with Gasteiger partial charge in [-0.25, -0.2) is 14.8 Å². The molecule has 0 bridgehead atoms. The van der Waals surface area contributed by atoms with Crippen molar-refractivity contribution in [3.8, 4) is 10.7 Å². The molecule has 0 radical (unpaired) electrons. The third kappa shape index (κ3) is 5.93. The Kier molecular flexibility index (Phi) is 7.12. The molecule has 3 heterocycles. The Hall–Kier alpha value is -4.41. The van der Waals surface area contributed by atoms with Gasteiger partial charge in [-0.2, -0.15) is 31.4 Å². The lowest BCUT2D eigenvalue weighted by molar-refractivity contribution is -0.143. The number of nitrogens with zero attached hydrogens (tertiary/aromatic N) is 6. The van der Waals surface area contributed by atoms with Gasteiger partial charge in [0.15, 0.2) is 5.01 Å². The first-order valence-electron chi connectivity index (χ1n) is 10.4. The monoisotopic (exact) mass is 556 g/mol. The molecule has 10 nitrogen and oxygen atoms in total. The molecule has 3 aromatic heterocycles. The van der Waals surface area contributed by atoms with Crippen LogP contribution in [0.2, 0.25) is 0 Å². The summed E-state index contributed by atoms with van der Waals surface area (Å²) in [6, 6.07) is 0.718. The van der Waals surface area contributed by atoms with Gasteiger partial charge < -0.3 is 5.32 Å². The van der Waals surface area contributed by atoms with Crippen LogP contribution in [0.25, 0.3) is 10.7 Å². The standard InChI is InChI=1S/C21H14F6N8O2S/c1-10(13-3-2-11(20(22,23)24)6-14(13)21(25,26)27)35-8-12(7-30-35)31-19(37)32-16(36)18-34-33-17(38-18)15-4-5-28-9-29-15/h2-10H,1H3,(H2,31,32,36,37). The summed E-state index contributed by atoms with van der Waals surface area (Å²) < 4.78 is 80.4. The van der Waals surface area contributed by atoms with Gasteiger partial charge in [-0.15, -0.1) is 10.2 Å². The molecule has 0 saturated carbocycles. The first-order valence-corrected chi connectivity index (χ1v) is 11.2. The molecule has 0 saturated heterocycles. The number of aromatic nitrogens is 6. The molecule has 3 amide bonds. The highest BCUT2D eigenvalue weighted by Gasteiger charge is 2.39. The summed E-state index contributed by atoms with van der Waals surface area (Å²) in [6.07, 6.45) is -5.01. The Morgan fingerprint density at radius 2 is 1.82 bits per heavy atom. The second kappa shape index (κ2) is 10.2. The third-order valence-corrected chi connectivity index (χ3v) is 5.98. The fourth-order valence-corrected chi connectivity index (χ4v) is 3.97. The number of hydrogen-bond acceptors (Lipinski definition) is 8. The van der Waals surface area contributed by atoms with E-state index in [1.807, 2.05) is 5.32 Å². The van der Waals surface area contributed by atoms with Crippen molar-refractivity contribution in [3.63, 3.8) is 0 Å². The van der Waals surface area contributed by atoms with Crippen molar-refractivity contribution in [3.05, 3.63) is 70.9 Å². The van der Waals surface area contributed by atoms with Gasteiger partial charge in [0.25, 0.3) is 5.91 Å². The smallest absolute Gasteiger partial charge is 0.305 e. The van der Waals surface area contributed by atoms with E-state index in [-0.39, 0.29) is 16.8 Å². The number of imide groups is 1. The topological polar surface area (TPSA) is 128 Å². The maximum atomic E-state index is 13.5. The molecule has 0 aliphatic rings. The van der Waals surface area contributed by atoms with Crippen LogP contribution in [0.4, 0.5) is 36.8 Å². The fraction of sp³-hybridized carbons (Fsp3) is 0.190. The van der Waals surface area contributed by atoms with Crippen molar-refractivity contribution in [2.75, 3.05) is 5.32 Å². The van der Waals surface area contributed by atoms with Crippen LogP contribution in [0, 0.1) is 0 Å². The highest BCUT2D eigenvalue weighted by Crippen LogP contribution is 2.39. The number of anilines is 1. The highest BCUT2D eigenvalue weighted by atomic mass is 32.1. The zero-order chi connectivity index (χ0) is 27.7. The zero-order valence-electron chi connectivity index (χ0n) is 18.9. The van der Waals surface area contributed by atoms with Crippen LogP contribution in [0.15, 0.2) is 49.2 Å². The van der Waals surface area contributed by atoms with E-state index < -0.39 is 47.0 Å². The normalized spacial score (nSPS) is 12.7. The largest absolute Gasteiger partial charge is 0.416 e.